The predicted octanol–water partition coefficient (Wildman–Crippen LogP) is -1.20. The van der Waals surface area contributed by atoms with Crippen molar-refractivity contribution in [3.63, 3.8) is 0 Å². The molecule has 2 heterocycles. The van der Waals surface area contributed by atoms with Crippen molar-refractivity contribution in [3.8, 4) is 0 Å². The van der Waals surface area contributed by atoms with Crippen LogP contribution in [0.1, 0.15) is 0 Å². The maximum Gasteiger partial charge on any atom is 0.284 e. The lowest BCUT2D eigenvalue weighted by Crippen LogP contribution is -2.77. The van der Waals surface area contributed by atoms with E-state index >= 15 is 0 Å². The second kappa shape index (κ2) is 3.69. The number of hydrogen-bond donors (Lipinski definition) is 0. The molecule has 2 aliphatic rings. The van der Waals surface area contributed by atoms with Crippen molar-refractivity contribution in [1.82, 2.24) is 18.3 Å². The van der Waals surface area contributed by atoms with Crippen LogP contribution in [0.5, 0.6) is 0 Å². The molecular weight excluding hydrogens is 208 g/mol. The quantitative estimate of drug-likeness (QED) is 0.483. The number of rotatable bonds is 0. The Labute approximate surface area is 90.4 Å². The first-order valence-electron chi connectivity index (χ1n) is 5.20. The van der Waals surface area contributed by atoms with Crippen LogP contribution >= 0.6 is 0 Å². The fraction of sp³-hybridized carbons (Fsp3) is 1.00. The van der Waals surface area contributed by atoms with E-state index < -0.39 is 8.08 Å². The predicted molar refractivity (Wildman–Crippen MR) is 62.0 cm³/mol. The monoisotopic (exact) mass is 228 g/mol. The molecule has 0 N–H and O–H groups in total. The number of likely N-dealkylation sites (N-methyl/N-ethyl adjacent to an activating group) is 4. The SMILES string of the molecule is CN1CCN(C)[Si]2([Si]1)N(C)CCN2C. The van der Waals surface area contributed by atoms with Crippen molar-refractivity contribution in [1.29, 1.82) is 0 Å². The first-order chi connectivity index (χ1) is 6.57. The summed E-state index contributed by atoms with van der Waals surface area (Å²) in [7, 11) is 8.73. The summed E-state index contributed by atoms with van der Waals surface area (Å²) in [5.41, 5.74) is 0. The van der Waals surface area contributed by atoms with Crippen molar-refractivity contribution in [2.45, 2.75) is 0 Å². The van der Waals surface area contributed by atoms with Gasteiger partial charge in [0, 0.05) is 26.2 Å². The van der Waals surface area contributed by atoms with Gasteiger partial charge in [-0.25, -0.2) is 0 Å². The summed E-state index contributed by atoms with van der Waals surface area (Å²) < 4.78 is 10.4. The molecule has 0 amide bonds. The van der Waals surface area contributed by atoms with Gasteiger partial charge in [0.05, 0.1) is 0 Å². The van der Waals surface area contributed by atoms with E-state index in [9.17, 15) is 0 Å². The smallest absolute Gasteiger partial charge is 0.284 e. The third-order valence-electron chi connectivity index (χ3n) is 3.48. The van der Waals surface area contributed by atoms with E-state index in [-0.39, 0.29) is 0 Å². The highest BCUT2D eigenvalue weighted by atomic mass is 29.2. The van der Waals surface area contributed by atoms with Gasteiger partial charge in [-0.05, 0) is 28.2 Å². The molecule has 0 bridgehead atoms. The van der Waals surface area contributed by atoms with E-state index in [0.29, 0.717) is 0 Å². The average Bonchev–Trinajstić information content (AvgIpc) is 2.41. The molecular formula is C8H20N4Si2. The van der Waals surface area contributed by atoms with Crippen LogP contribution in [0.25, 0.3) is 0 Å². The summed E-state index contributed by atoms with van der Waals surface area (Å²) in [4.78, 5) is 0. The Bertz CT molecular complexity index is 215. The van der Waals surface area contributed by atoms with Crippen LogP contribution in [0.15, 0.2) is 0 Å². The van der Waals surface area contributed by atoms with Gasteiger partial charge in [0.1, 0.15) is 0 Å². The summed E-state index contributed by atoms with van der Waals surface area (Å²) in [6, 6.07) is 0. The summed E-state index contributed by atoms with van der Waals surface area (Å²) in [6.45, 7) is 4.94. The molecule has 2 rings (SSSR count). The third-order valence-corrected chi connectivity index (χ3v) is 13.7. The van der Waals surface area contributed by atoms with E-state index in [2.05, 4.69) is 46.5 Å². The largest absolute Gasteiger partial charge is 0.326 e. The van der Waals surface area contributed by atoms with E-state index in [1.54, 1.807) is 0 Å². The van der Waals surface area contributed by atoms with Crippen molar-refractivity contribution in [2.75, 3.05) is 54.4 Å². The molecule has 14 heavy (non-hydrogen) atoms. The molecule has 4 nitrogen and oxygen atoms in total. The maximum atomic E-state index is 2.64. The van der Waals surface area contributed by atoms with Gasteiger partial charge in [-0.15, -0.1) is 0 Å². The average molecular weight is 228 g/mol. The molecule has 2 fully saturated rings. The van der Waals surface area contributed by atoms with Crippen LogP contribution in [0.2, 0.25) is 0 Å². The molecule has 1 spiro atoms. The zero-order valence-electron chi connectivity index (χ0n) is 9.62. The minimum atomic E-state index is -1.44. The highest BCUT2D eigenvalue weighted by molar-refractivity contribution is 7.19. The van der Waals surface area contributed by atoms with Crippen molar-refractivity contribution in [3.05, 3.63) is 0 Å². The molecule has 6 heteroatoms. The van der Waals surface area contributed by atoms with Crippen LogP contribution in [0, 0.1) is 0 Å². The zero-order chi connectivity index (χ0) is 10.3. The second-order valence-electron chi connectivity index (χ2n) is 4.43. The van der Waals surface area contributed by atoms with Gasteiger partial charge in [0.15, 0.2) is 9.20 Å². The Morgan fingerprint density at radius 1 is 0.786 bits per heavy atom. The summed E-state index contributed by atoms with van der Waals surface area (Å²) >= 11 is 0. The van der Waals surface area contributed by atoms with Crippen LogP contribution in [-0.4, -0.2) is 89.9 Å². The van der Waals surface area contributed by atoms with Crippen LogP contribution < -0.4 is 0 Å². The first-order valence-corrected chi connectivity index (χ1v) is 8.99. The second-order valence-corrected chi connectivity index (χ2v) is 11.7. The normalized spacial score (nSPS) is 31.7. The van der Waals surface area contributed by atoms with Crippen molar-refractivity contribution >= 4 is 17.3 Å². The van der Waals surface area contributed by atoms with Crippen LogP contribution in [0.4, 0.5) is 0 Å². The van der Waals surface area contributed by atoms with Gasteiger partial charge in [-0.3, -0.25) is 0 Å². The molecule has 0 aromatic carbocycles. The molecule has 0 aromatic heterocycles. The Kier molecular flexibility index (Phi) is 2.84. The standard InChI is InChI=1S/C8H20N4Si2/c1-9-5-6-10(2)14(13-9)11(3)7-8-12(14)4/h5-8H2,1-4H3. The molecule has 0 saturated carbocycles. The fourth-order valence-electron chi connectivity index (χ4n) is 2.51. The molecule has 2 aliphatic heterocycles. The lowest BCUT2D eigenvalue weighted by atomic mass is 10.6. The van der Waals surface area contributed by atoms with Crippen molar-refractivity contribution < 1.29 is 0 Å². The maximum absolute atomic E-state index is 2.64. The Balaban J connectivity index is 2.25. The van der Waals surface area contributed by atoms with E-state index in [4.69, 9.17) is 0 Å². The summed E-state index contributed by atoms with van der Waals surface area (Å²) in [5.74, 6) is 0. The van der Waals surface area contributed by atoms with Gasteiger partial charge in [-0.1, -0.05) is 0 Å². The van der Waals surface area contributed by atoms with Gasteiger partial charge in [0.2, 0.25) is 0 Å². The lowest BCUT2D eigenvalue weighted by molar-refractivity contribution is 0.346. The highest BCUT2D eigenvalue weighted by Gasteiger charge is 2.53. The van der Waals surface area contributed by atoms with Crippen LogP contribution in [0.3, 0.4) is 0 Å². The molecule has 0 aromatic rings. The van der Waals surface area contributed by atoms with Crippen molar-refractivity contribution in [2.24, 2.45) is 0 Å². The van der Waals surface area contributed by atoms with Gasteiger partial charge < -0.3 is 18.3 Å². The lowest BCUT2D eigenvalue weighted by Gasteiger charge is -2.49. The molecule has 0 atom stereocenters. The summed E-state index contributed by atoms with van der Waals surface area (Å²) in [5, 5.41) is 0. The van der Waals surface area contributed by atoms with E-state index in [1.165, 1.54) is 26.2 Å². The highest BCUT2D eigenvalue weighted by Crippen LogP contribution is 2.23. The number of hydrogen-bond acceptors (Lipinski definition) is 4. The van der Waals surface area contributed by atoms with Gasteiger partial charge >= 0.3 is 0 Å². The van der Waals surface area contributed by atoms with E-state index in [0.717, 1.165) is 9.20 Å². The van der Waals surface area contributed by atoms with Crippen LogP contribution in [-0.2, 0) is 0 Å². The molecule has 0 aliphatic carbocycles. The third kappa shape index (κ3) is 1.41. The number of nitrogens with zero attached hydrogens (tertiary/aromatic N) is 4. The van der Waals surface area contributed by atoms with E-state index in [1.807, 2.05) is 0 Å². The molecule has 2 saturated heterocycles. The molecule has 0 unspecified atom stereocenters. The van der Waals surface area contributed by atoms with Gasteiger partial charge in [-0.2, -0.15) is 0 Å². The fourth-order valence-corrected chi connectivity index (χ4v) is 11.1. The zero-order valence-corrected chi connectivity index (χ0v) is 11.6. The molecule has 2 radical (unpaired) electrons. The minimum absolute atomic E-state index is 0.990. The first kappa shape index (κ1) is 10.8. The van der Waals surface area contributed by atoms with Gasteiger partial charge in [0.25, 0.3) is 8.08 Å². The topological polar surface area (TPSA) is 13.0 Å². The Morgan fingerprint density at radius 3 is 1.71 bits per heavy atom. The Hall–Kier alpha value is 0.274. The molecule has 80 valence electrons. The Morgan fingerprint density at radius 2 is 1.21 bits per heavy atom. The summed E-state index contributed by atoms with van der Waals surface area (Å²) in [6.07, 6.45) is 0. The minimum Gasteiger partial charge on any atom is -0.326 e.